The fraction of sp³-hybridized carbons (Fsp3) is 0.767. The minimum Gasteiger partial charge on any atom is -0.381 e. The zero-order valence-corrected chi connectivity index (χ0v) is 22.3. The van der Waals surface area contributed by atoms with E-state index in [0.29, 0.717) is 24.4 Å². The van der Waals surface area contributed by atoms with Gasteiger partial charge in [-0.2, -0.15) is 0 Å². The van der Waals surface area contributed by atoms with E-state index in [4.69, 9.17) is 18.9 Å². The van der Waals surface area contributed by atoms with Gasteiger partial charge in [-0.05, 0) is 115 Å². The maximum Gasteiger partial charge on any atom is 0.0650 e. The third-order valence-corrected chi connectivity index (χ3v) is 7.33. The number of fused-ring (bicyclic) bond motifs is 4. The molecule has 5 saturated heterocycles. The van der Waals surface area contributed by atoms with Crippen molar-refractivity contribution in [1.82, 2.24) is 4.98 Å². The van der Waals surface area contributed by atoms with Crippen LogP contribution < -0.4 is 0 Å². The Balaban J connectivity index is 0.000000123. The molecule has 0 N–H and O–H groups in total. The molecule has 0 radical (unpaired) electrons. The molecule has 0 amide bonds. The molecule has 1 aliphatic carbocycles. The standard InChI is InChI=1S/C7H12O.C6H7N.2C6H10O.C5H10O/c1-2-6-4-5-7(3-1)8-6;1-6-2-4-7-5-3-6;1-2-5-4-6(3-1)7-5;1-6-2-4-7-5-3-6;1-2-4-6-5-3-1/h6-7H,1-5H2;2-5H,1H3;5-6H,1-4H2;2H,3-5H2,1H3;1-5H2. The van der Waals surface area contributed by atoms with Gasteiger partial charge in [0.2, 0.25) is 0 Å². The Labute approximate surface area is 214 Å². The molecule has 198 valence electrons. The average molecular weight is 488 g/mol. The van der Waals surface area contributed by atoms with Crippen molar-refractivity contribution in [3.8, 4) is 0 Å². The fourth-order valence-electron chi connectivity index (χ4n) is 5.01. The van der Waals surface area contributed by atoms with Crippen LogP contribution in [0.25, 0.3) is 0 Å². The van der Waals surface area contributed by atoms with E-state index in [0.717, 1.165) is 32.8 Å². The van der Waals surface area contributed by atoms with Crippen LogP contribution in [0.1, 0.15) is 96.0 Å². The maximum absolute atomic E-state index is 5.60. The zero-order valence-electron chi connectivity index (χ0n) is 22.3. The average Bonchev–Trinajstić information content (AvgIpc) is 3.24. The van der Waals surface area contributed by atoms with Crippen LogP contribution in [0.4, 0.5) is 0 Å². The summed E-state index contributed by atoms with van der Waals surface area (Å²) in [6, 6.07) is 3.94. The Morgan fingerprint density at radius 2 is 1.23 bits per heavy atom. The zero-order chi connectivity index (χ0) is 24.6. The van der Waals surface area contributed by atoms with Gasteiger partial charge >= 0.3 is 0 Å². The van der Waals surface area contributed by atoms with Crippen molar-refractivity contribution in [2.24, 2.45) is 0 Å². The highest BCUT2D eigenvalue weighted by molar-refractivity contribution is 5.05. The fourth-order valence-corrected chi connectivity index (χ4v) is 5.01. The van der Waals surface area contributed by atoms with Crippen molar-refractivity contribution in [1.29, 1.82) is 0 Å². The van der Waals surface area contributed by atoms with Crippen LogP contribution in [0.3, 0.4) is 0 Å². The summed E-state index contributed by atoms with van der Waals surface area (Å²) in [4.78, 5) is 3.85. The van der Waals surface area contributed by atoms with Crippen molar-refractivity contribution in [3.63, 3.8) is 0 Å². The van der Waals surface area contributed by atoms with Gasteiger partial charge in [0.1, 0.15) is 0 Å². The first-order valence-corrected chi connectivity index (χ1v) is 14.2. The molecule has 1 aromatic rings. The van der Waals surface area contributed by atoms with Crippen molar-refractivity contribution < 1.29 is 18.9 Å². The molecule has 7 aliphatic rings. The normalized spacial score (nSPS) is 30.1. The maximum atomic E-state index is 5.60. The third kappa shape index (κ3) is 12.5. The SMILES string of the molecule is C1CC2CC(C1)O2.C1CC2CCC(C1)O2.C1CCOCC1.CC1=CCOCC1.Cc1ccncc1. The van der Waals surface area contributed by atoms with Gasteiger partial charge in [-0.1, -0.05) is 11.6 Å². The first kappa shape index (κ1) is 28.3. The van der Waals surface area contributed by atoms with Crippen LogP contribution >= 0.6 is 0 Å². The summed E-state index contributed by atoms with van der Waals surface area (Å²) < 4.78 is 21.1. The van der Waals surface area contributed by atoms with E-state index in [1.807, 2.05) is 19.1 Å². The second-order valence-electron chi connectivity index (χ2n) is 10.5. The second kappa shape index (κ2) is 17.2. The Kier molecular flexibility index (Phi) is 13.9. The van der Waals surface area contributed by atoms with E-state index in [1.165, 1.54) is 88.2 Å². The number of rotatable bonds is 0. The summed E-state index contributed by atoms with van der Waals surface area (Å²) in [6.45, 7) is 7.93. The highest BCUT2D eigenvalue weighted by Crippen LogP contribution is 2.34. The van der Waals surface area contributed by atoms with Crippen LogP contribution in [0, 0.1) is 6.92 Å². The van der Waals surface area contributed by atoms with Crippen molar-refractivity contribution >= 4 is 0 Å². The number of aryl methyl sites for hydroxylation is 1. The van der Waals surface area contributed by atoms with Gasteiger partial charge in [0.15, 0.2) is 0 Å². The van der Waals surface area contributed by atoms with E-state index in [1.54, 1.807) is 12.4 Å². The molecule has 1 saturated carbocycles. The molecule has 35 heavy (non-hydrogen) atoms. The molecule has 5 heteroatoms. The lowest BCUT2D eigenvalue weighted by molar-refractivity contribution is -0.155. The van der Waals surface area contributed by atoms with Crippen molar-refractivity contribution in [2.45, 2.75) is 122 Å². The van der Waals surface area contributed by atoms with Crippen LogP contribution in [-0.2, 0) is 18.9 Å². The first-order valence-electron chi connectivity index (χ1n) is 14.2. The Morgan fingerprint density at radius 3 is 1.49 bits per heavy atom. The summed E-state index contributed by atoms with van der Waals surface area (Å²) >= 11 is 0. The number of ether oxygens (including phenoxy) is 4. The van der Waals surface area contributed by atoms with Crippen molar-refractivity contribution in [3.05, 3.63) is 41.7 Å². The molecular weight excluding hydrogens is 438 g/mol. The monoisotopic (exact) mass is 487 g/mol. The molecule has 7 heterocycles. The molecule has 6 fully saturated rings. The first-order chi connectivity index (χ1) is 17.2. The van der Waals surface area contributed by atoms with Crippen molar-refractivity contribution in [2.75, 3.05) is 26.4 Å². The number of aromatic nitrogens is 1. The van der Waals surface area contributed by atoms with Gasteiger partial charge in [0.05, 0.1) is 37.6 Å². The minimum atomic E-state index is 0.661. The molecule has 4 bridgehead atoms. The molecule has 4 atom stereocenters. The van der Waals surface area contributed by atoms with Gasteiger partial charge in [-0.15, -0.1) is 0 Å². The summed E-state index contributed by atoms with van der Waals surface area (Å²) in [6.07, 6.45) is 25.6. The smallest absolute Gasteiger partial charge is 0.0650 e. The third-order valence-electron chi connectivity index (χ3n) is 7.33. The van der Waals surface area contributed by atoms with E-state index >= 15 is 0 Å². The Bertz CT molecular complexity index is 646. The van der Waals surface area contributed by atoms with E-state index < -0.39 is 0 Å². The van der Waals surface area contributed by atoms with Gasteiger partial charge in [-0.3, -0.25) is 4.98 Å². The summed E-state index contributed by atoms with van der Waals surface area (Å²) in [5.41, 5.74) is 2.72. The number of hydrogen-bond donors (Lipinski definition) is 0. The largest absolute Gasteiger partial charge is 0.381 e. The lowest BCUT2D eigenvalue weighted by atomic mass is 9.89. The Morgan fingerprint density at radius 1 is 0.657 bits per heavy atom. The number of hydrogen-bond acceptors (Lipinski definition) is 5. The molecular formula is C30H49NO4. The minimum absolute atomic E-state index is 0.661. The molecule has 1 aromatic heterocycles. The summed E-state index contributed by atoms with van der Waals surface area (Å²) in [5.74, 6) is 0. The summed E-state index contributed by atoms with van der Waals surface area (Å²) in [7, 11) is 0. The predicted molar refractivity (Wildman–Crippen MR) is 142 cm³/mol. The van der Waals surface area contributed by atoms with Gasteiger partial charge < -0.3 is 18.9 Å². The Hall–Kier alpha value is -1.27. The van der Waals surface area contributed by atoms with Crippen LogP contribution in [-0.4, -0.2) is 55.8 Å². The molecule has 0 aromatic carbocycles. The molecule has 6 aliphatic heterocycles. The lowest BCUT2D eigenvalue weighted by Crippen LogP contribution is -2.41. The summed E-state index contributed by atoms with van der Waals surface area (Å²) in [5, 5.41) is 0. The van der Waals surface area contributed by atoms with Gasteiger partial charge in [-0.25, -0.2) is 0 Å². The van der Waals surface area contributed by atoms with Crippen LogP contribution in [0.15, 0.2) is 36.2 Å². The topological polar surface area (TPSA) is 49.8 Å². The van der Waals surface area contributed by atoms with Gasteiger partial charge in [0, 0.05) is 25.6 Å². The lowest BCUT2D eigenvalue weighted by Gasteiger charge is -2.41. The molecule has 5 nitrogen and oxygen atoms in total. The molecule has 0 spiro atoms. The highest BCUT2D eigenvalue weighted by atomic mass is 16.5. The van der Waals surface area contributed by atoms with Crippen LogP contribution in [0.5, 0.6) is 0 Å². The van der Waals surface area contributed by atoms with E-state index in [2.05, 4.69) is 18.0 Å². The van der Waals surface area contributed by atoms with E-state index in [-0.39, 0.29) is 0 Å². The van der Waals surface area contributed by atoms with E-state index in [9.17, 15) is 0 Å². The predicted octanol–water partition coefficient (Wildman–Crippen LogP) is 6.98. The number of pyridine rings is 1. The van der Waals surface area contributed by atoms with Gasteiger partial charge in [0.25, 0.3) is 0 Å². The second-order valence-corrected chi connectivity index (χ2v) is 10.5. The molecule has 8 rings (SSSR count). The quantitative estimate of drug-likeness (QED) is 0.370. The molecule has 4 unspecified atom stereocenters. The van der Waals surface area contributed by atoms with Crippen LogP contribution in [0.2, 0.25) is 0 Å². The highest BCUT2D eigenvalue weighted by Gasteiger charge is 2.33. The number of nitrogens with zero attached hydrogens (tertiary/aromatic N) is 1.